The van der Waals surface area contributed by atoms with Gasteiger partial charge in [0.15, 0.2) is 0 Å². The molecule has 0 saturated heterocycles. The van der Waals surface area contributed by atoms with E-state index < -0.39 is 34.4 Å². The molecule has 0 aromatic heterocycles. The molecule has 1 atom stereocenters. The average Bonchev–Trinajstić information content (AvgIpc) is 2.84. The van der Waals surface area contributed by atoms with Crippen LogP contribution in [0.3, 0.4) is 0 Å². The van der Waals surface area contributed by atoms with Crippen LogP contribution in [0.2, 0.25) is 0 Å². The first-order valence-corrected chi connectivity index (χ1v) is 6.46. The number of aliphatic carboxylic acids is 1. The summed E-state index contributed by atoms with van der Waals surface area (Å²) in [7, 11) is -3.65. The number of carbonyl (C=O) groups is 2. The molecule has 8 heteroatoms. The van der Waals surface area contributed by atoms with Crippen LogP contribution in [0.1, 0.15) is 19.3 Å². The highest BCUT2D eigenvalue weighted by atomic mass is 32.2. The molecular formula is C8H14N2O5S. The Morgan fingerprint density at radius 2 is 2.00 bits per heavy atom. The van der Waals surface area contributed by atoms with Crippen molar-refractivity contribution in [1.82, 2.24) is 4.72 Å². The minimum absolute atomic E-state index is 0.0878. The summed E-state index contributed by atoms with van der Waals surface area (Å²) in [6.45, 7) is 0. The number of nitrogens with two attached hydrogens (primary N) is 1. The second-order valence-electron chi connectivity index (χ2n) is 3.90. The lowest BCUT2D eigenvalue weighted by Gasteiger charge is -2.12. The van der Waals surface area contributed by atoms with Crippen LogP contribution >= 0.6 is 0 Å². The van der Waals surface area contributed by atoms with E-state index in [4.69, 9.17) is 10.8 Å². The van der Waals surface area contributed by atoms with E-state index in [2.05, 4.69) is 0 Å². The first-order valence-electron chi connectivity index (χ1n) is 4.81. The van der Waals surface area contributed by atoms with E-state index in [-0.39, 0.29) is 11.7 Å². The molecule has 1 aliphatic rings. The van der Waals surface area contributed by atoms with E-state index in [1.54, 1.807) is 0 Å². The summed E-state index contributed by atoms with van der Waals surface area (Å²) < 4.78 is 24.9. The molecule has 0 radical (unpaired) electrons. The number of amides is 1. The fourth-order valence-corrected chi connectivity index (χ4v) is 2.91. The lowest BCUT2D eigenvalue weighted by atomic mass is 10.2. The normalized spacial score (nSPS) is 18.0. The minimum atomic E-state index is -3.65. The number of hydrogen-bond donors (Lipinski definition) is 3. The van der Waals surface area contributed by atoms with Gasteiger partial charge in [-0.1, -0.05) is 0 Å². The Bertz CT molecular complexity index is 387. The second-order valence-corrected chi connectivity index (χ2v) is 5.70. The zero-order valence-electron chi connectivity index (χ0n) is 8.55. The maximum absolute atomic E-state index is 11.5. The average molecular weight is 250 g/mol. The van der Waals surface area contributed by atoms with E-state index in [9.17, 15) is 18.0 Å². The molecule has 0 bridgehead atoms. The van der Waals surface area contributed by atoms with E-state index in [1.807, 2.05) is 4.72 Å². The van der Waals surface area contributed by atoms with Crippen LogP contribution in [-0.4, -0.2) is 37.2 Å². The van der Waals surface area contributed by atoms with Crippen LogP contribution in [0.4, 0.5) is 0 Å². The quantitative estimate of drug-likeness (QED) is 0.514. The van der Waals surface area contributed by atoms with Gasteiger partial charge in [-0.15, -0.1) is 0 Å². The van der Waals surface area contributed by atoms with Gasteiger partial charge in [0.1, 0.15) is 6.04 Å². The van der Waals surface area contributed by atoms with Crippen molar-refractivity contribution in [3.63, 3.8) is 0 Å². The van der Waals surface area contributed by atoms with Gasteiger partial charge in [-0.25, -0.2) is 13.1 Å². The monoisotopic (exact) mass is 250 g/mol. The fourth-order valence-electron chi connectivity index (χ4n) is 1.24. The van der Waals surface area contributed by atoms with Gasteiger partial charge in [-0.2, -0.15) is 0 Å². The van der Waals surface area contributed by atoms with Gasteiger partial charge >= 0.3 is 5.97 Å². The summed E-state index contributed by atoms with van der Waals surface area (Å²) in [5.74, 6) is -2.24. The van der Waals surface area contributed by atoms with Crippen LogP contribution in [0.5, 0.6) is 0 Å². The molecule has 1 aliphatic carbocycles. The van der Waals surface area contributed by atoms with Gasteiger partial charge < -0.3 is 10.8 Å². The summed E-state index contributed by atoms with van der Waals surface area (Å²) >= 11 is 0. The summed E-state index contributed by atoms with van der Waals surface area (Å²) in [6.07, 6.45) is 1.14. The maximum Gasteiger partial charge on any atom is 0.322 e. The zero-order valence-corrected chi connectivity index (χ0v) is 9.37. The third-order valence-electron chi connectivity index (χ3n) is 2.18. The molecule has 1 amide bonds. The van der Waals surface area contributed by atoms with Crippen LogP contribution in [0.15, 0.2) is 0 Å². The molecule has 0 heterocycles. The van der Waals surface area contributed by atoms with Gasteiger partial charge in [0.25, 0.3) is 0 Å². The van der Waals surface area contributed by atoms with Crippen molar-refractivity contribution in [2.75, 3.05) is 5.75 Å². The lowest BCUT2D eigenvalue weighted by Crippen LogP contribution is -2.44. The number of carboxylic acids is 1. The highest BCUT2D eigenvalue weighted by Crippen LogP contribution is 2.30. The number of carboxylic acid groups (broad SMARTS) is 1. The molecule has 0 spiro atoms. The zero-order chi connectivity index (χ0) is 12.3. The molecule has 4 N–H and O–H groups in total. The van der Waals surface area contributed by atoms with Crippen molar-refractivity contribution in [1.29, 1.82) is 0 Å². The van der Waals surface area contributed by atoms with E-state index >= 15 is 0 Å². The highest BCUT2D eigenvalue weighted by molar-refractivity contribution is 7.89. The van der Waals surface area contributed by atoms with Gasteiger partial charge in [0.05, 0.1) is 12.2 Å². The second kappa shape index (κ2) is 4.79. The molecule has 0 unspecified atom stereocenters. The number of carbonyl (C=O) groups excluding carboxylic acids is 1. The molecule has 92 valence electrons. The Morgan fingerprint density at radius 1 is 1.44 bits per heavy atom. The van der Waals surface area contributed by atoms with Gasteiger partial charge in [-0.05, 0) is 18.8 Å². The number of sulfonamides is 1. The SMILES string of the molecule is NC(=O)C[C@H](NS(=O)(=O)CC1CC1)C(=O)O. The van der Waals surface area contributed by atoms with E-state index in [0.29, 0.717) is 0 Å². The molecular weight excluding hydrogens is 236 g/mol. The molecule has 1 saturated carbocycles. The van der Waals surface area contributed by atoms with E-state index in [1.165, 1.54) is 0 Å². The third kappa shape index (κ3) is 4.58. The van der Waals surface area contributed by atoms with Crippen molar-refractivity contribution in [2.45, 2.75) is 25.3 Å². The van der Waals surface area contributed by atoms with Crippen LogP contribution in [0.25, 0.3) is 0 Å². The number of nitrogens with one attached hydrogen (secondary N) is 1. The van der Waals surface area contributed by atoms with Crippen LogP contribution < -0.4 is 10.5 Å². The topological polar surface area (TPSA) is 127 Å². The summed E-state index contributed by atoms with van der Waals surface area (Å²) in [4.78, 5) is 21.2. The Balaban J connectivity index is 2.58. The maximum atomic E-state index is 11.5. The molecule has 16 heavy (non-hydrogen) atoms. The van der Waals surface area contributed by atoms with Crippen molar-refractivity contribution >= 4 is 21.9 Å². The fraction of sp³-hybridized carbons (Fsp3) is 0.750. The van der Waals surface area contributed by atoms with Gasteiger partial charge in [-0.3, -0.25) is 9.59 Å². The minimum Gasteiger partial charge on any atom is -0.480 e. The Hall–Kier alpha value is -1.15. The predicted molar refractivity (Wildman–Crippen MR) is 54.9 cm³/mol. The van der Waals surface area contributed by atoms with Crippen molar-refractivity contribution in [3.8, 4) is 0 Å². The van der Waals surface area contributed by atoms with Crippen molar-refractivity contribution in [3.05, 3.63) is 0 Å². The molecule has 0 aromatic rings. The molecule has 7 nitrogen and oxygen atoms in total. The van der Waals surface area contributed by atoms with Crippen molar-refractivity contribution < 1.29 is 23.1 Å². The highest BCUT2D eigenvalue weighted by Gasteiger charge is 2.31. The first kappa shape index (κ1) is 12.9. The van der Waals surface area contributed by atoms with Crippen LogP contribution in [-0.2, 0) is 19.6 Å². The van der Waals surface area contributed by atoms with Crippen molar-refractivity contribution in [2.24, 2.45) is 11.7 Å². The summed E-state index contributed by atoms with van der Waals surface area (Å²) in [5, 5.41) is 8.70. The smallest absolute Gasteiger partial charge is 0.322 e. The lowest BCUT2D eigenvalue weighted by molar-refractivity contribution is -0.140. The molecule has 0 aromatic carbocycles. The third-order valence-corrected chi connectivity index (χ3v) is 3.73. The largest absolute Gasteiger partial charge is 0.480 e. The standard InChI is InChI=1S/C8H14N2O5S/c9-7(11)3-6(8(12)13)10-16(14,15)4-5-1-2-5/h5-6,10H,1-4H2,(H2,9,11)(H,12,13)/t6-/m0/s1. The Kier molecular flexibility index (Phi) is 3.87. The molecule has 1 fully saturated rings. The Morgan fingerprint density at radius 3 is 2.38 bits per heavy atom. The van der Waals surface area contributed by atoms with Gasteiger partial charge in [0, 0.05) is 0 Å². The first-order chi connectivity index (χ1) is 7.30. The Labute approximate surface area is 93.1 Å². The van der Waals surface area contributed by atoms with E-state index in [0.717, 1.165) is 12.8 Å². The number of rotatable bonds is 7. The summed E-state index contributed by atoms with van der Waals surface area (Å²) in [5.41, 5.74) is 4.83. The predicted octanol–water partition coefficient (Wildman–Crippen LogP) is -1.36. The summed E-state index contributed by atoms with van der Waals surface area (Å²) in [6, 6.07) is -1.47. The van der Waals surface area contributed by atoms with Crippen LogP contribution in [0, 0.1) is 5.92 Å². The molecule has 1 rings (SSSR count). The molecule has 0 aliphatic heterocycles. The number of hydrogen-bond acceptors (Lipinski definition) is 4. The number of primary amides is 1. The van der Waals surface area contributed by atoms with Gasteiger partial charge in [0.2, 0.25) is 15.9 Å².